The standard InChI is InChI=1S/C30H31N7O3/c1-18-13-32-29(33-22-10-9-19(2)37(15-22)30(38)39-16-21-7-5-4-6-8-21)35-27(18)24-14-31-28-23(24)11-12-26(34-28)25-17-40-36-20(25)3/h4-8,11-14,17,19,22H,9-10,15-16H2,1-3H3,(H,31,34)(H,32,33,35)/t19-,22-/m1/s1. The number of carbonyl (C=O) groups excluding carboxylic acids is 1. The predicted octanol–water partition coefficient (Wildman–Crippen LogP) is 5.89. The highest BCUT2D eigenvalue weighted by atomic mass is 16.6. The van der Waals surface area contributed by atoms with Crippen LogP contribution in [0, 0.1) is 13.8 Å². The molecule has 1 saturated heterocycles. The van der Waals surface area contributed by atoms with Gasteiger partial charge < -0.3 is 24.5 Å². The zero-order chi connectivity index (χ0) is 27.6. The summed E-state index contributed by atoms with van der Waals surface area (Å²) in [6.07, 6.45) is 6.81. The van der Waals surface area contributed by atoms with E-state index in [0.29, 0.717) is 12.5 Å². The summed E-state index contributed by atoms with van der Waals surface area (Å²) >= 11 is 0. The molecule has 0 unspecified atom stereocenters. The molecule has 204 valence electrons. The third kappa shape index (κ3) is 5.12. The number of carbonyl (C=O) groups is 1. The Labute approximate surface area is 231 Å². The zero-order valence-electron chi connectivity index (χ0n) is 22.7. The lowest BCUT2D eigenvalue weighted by atomic mass is 10.00. The average Bonchev–Trinajstić information content (AvgIpc) is 3.60. The van der Waals surface area contributed by atoms with Gasteiger partial charge in [-0.3, -0.25) is 0 Å². The normalized spacial score (nSPS) is 17.2. The largest absolute Gasteiger partial charge is 0.445 e. The predicted molar refractivity (Wildman–Crippen MR) is 152 cm³/mol. The van der Waals surface area contributed by atoms with Crippen molar-refractivity contribution in [1.29, 1.82) is 0 Å². The fourth-order valence-corrected chi connectivity index (χ4v) is 5.14. The first-order chi connectivity index (χ1) is 19.5. The second-order valence-corrected chi connectivity index (χ2v) is 10.3. The van der Waals surface area contributed by atoms with Gasteiger partial charge in [0.1, 0.15) is 18.5 Å². The van der Waals surface area contributed by atoms with Crippen molar-refractivity contribution in [2.75, 3.05) is 11.9 Å². The van der Waals surface area contributed by atoms with Crippen molar-refractivity contribution in [2.45, 2.75) is 52.3 Å². The van der Waals surface area contributed by atoms with Gasteiger partial charge in [0.05, 0.1) is 22.6 Å². The summed E-state index contributed by atoms with van der Waals surface area (Å²) in [7, 11) is 0. The van der Waals surface area contributed by atoms with E-state index in [1.807, 2.05) is 68.7 Å². The van der Waals surface area contributed by atoms with E-state index in [9.17, 15) is 4.79 Å². The number of aromatic amines is 1. The number of amides is 1. The number of H-pyrrole nitrogens is 1. The zero-order valence-corrected chi connectivity index (χ0v) is 22.7. The van der Waals surface area contributed by atoms with Crippen LogP contribution in [0.2, 0.25) is 0 Å². The third-order valence-electron chi connectivity index (χ3n) is 7.45. The molecule has 0 aliphatic carbocycles. The molecule has 5 aromatic rings. The van der Waals surface area contributed by atoms with E-state index in [1.54, 1.807) is 11.2 Å². The highest BCUT2D eigenvalue weighted by Gasteiger charge is 2.30. The fraction of sp³-hybridized carbons (Fsp3) is 0.300. The summed E-state index contributed by atoms with van der Waals surface area (Å²) in [4.78, 5) is 32.2. The van der Waals surface area contributed by atoms with E-state index >= 15 is 0 Å². The number of hydrogen-bond acceptors (Lipinski definition) is 8. The molecule has 1 aromatic carbocycles. The van der Waals surface area contributed by atoms with Gasteiger partial charge >= 0.3 is 6.09 Å². The maximum atomic E-state index is 12.9. The summed E-state index contributed by atoms with van der Waals surface area (Å²) in [5, 5.41) is 8.38. The Kier molecular flexibility index (Phi) is 6.90. The fourth-order valence-electron chi connectivity index (χ4n) is 5.14. The molecule has 0 radical (unpaired) electrons. The van der Waals surface area contributed by atoms with E-state index in [4.69, 9.17) is 19.2 Å². The Hall–Kier alpha value is -4.73. The van der Waals surface area contributed by atoms with Crippen LogP contribution in [0.3, 0.4) is 0 Å². The van der Waals surface area contributed by atoms with Crippen molar-refractivity contribution in [3.63, 3.8) is 0 Å². The van der Waals surface area contributed by atoms with Gasteiger partial charge in [-0.25, -0.2) is 19.7 Å². The SMILES string of the molecule is Cc1cnc(N[C@@H]2CC[C@@H](C)N(C(=O)OCc3ccccc3)C2)nc1-c1c[nH]c2nc(-c3conc3C)ccc12. The first-order valence-electron chi connectivity index (χ1n) is 13.4. The highest BCUT2D eigenvalue weighted by molar-refractivity contribution is 5.94. The quantitative estimate of drug-likeness (QED) is 0.275. The molecule has 0 saturated carbocycles. The van der Waals surface area contributed by atoms with Gasteiger partial charge in [0.2, 0.25) is 5.95 Å². The Morgan fingerprint density at radius 2 is 1.98 bits per heavy atom. The van der Waals surface area contributed by atoms with Crippen LogP contribution >= 0.6 is 0 Å². The summed E-state index contributed by atoms with van der Waals surface area (Å²) in [5.74, 6) is 0.525. The van der Waals surface area contributed by atoms with Gasteiger partial charge in [-0.2, -0.15) is 0 Å². The maximum Gasteiger partial charge on any atom is 0.410 e. The number of aromatic nitrogens is 5. The molecule has 2 atom stereocenters. The lowest BCUT2D eigenvalue weighted by Crippen LogP contribution is -2.50. The molecule has 6 rings (SSSR count). The number of aryl methyl sites for hydroxylation is 2. The molecule has 1 amide bonds. The van der Waals surface area contributed by atoms with Crippen molar-refractivity contribution in [3.05, 3.63) is 77.9 Å². The molecule has 0 bridgehead atoms. The second-order valence-electron chi connectivity index (χ2n) is 10.3. The topological polar surface area (TPSA) is 122 Å². The lowest BCUT2D eigenvalue weighted by Gasteiger charge is -2.37. The second kappa shape index (κ2) is 10.8. The van der Waals surface area contributed by atoms with Crippen LogP contribution in [0.1, 0.15) is 36.6 Å². The molecule has 40 heavy (non-hydrogen) atoms. The van der Waals surface area contributed by atoms with Crippen molar-refractivity contribution in [2.24, 2.45) is 0 Å². The van der Waals surface area contributed by atoms with E-state index in [-0.39, 0.29) is 24.8 Å². The van der Waals surface area contributed by atoms with E-state index in [0.717, 1.165) is 63.2 Å². The van der Waals surface area contributed by atoms with Crippen LogP contribution in [0.25, 0.3) is 33.5 Å². The minimum absolute atomic E-state index is 0.00929. The molecule has 10 heteroatoms. The van der Waals surface area contributed by atoms with Crippen molar-refractivity contribution >= 4 is 23.1 Å². The molecular weight excluding hydrogens is 506 g/mol. The van der Waals surface area contributed by atoms with Gasteiger partial charge in [0.15, 0.2) is 0 Å². The van der Waals surface area contributed by atoms with E-state index in [2.05, 4.69) is 27.4 Å². The number of nitrogens with one attached hydrogen (secondary N) is 2. The van der Waals surface area contributed by atoms with Crippen molar-refractivity contribution in [1.82, 2.24) is 30.0 Å². The average molecular weight is 538 g/mol. The Bertz CT molecular complexity index is 1650. The molecular formula is C30H31N7O3. The minimum Gasteiger partial charge on any atom is -0.445 e. The number of fused-ring (bicyclic) bond motifs is 1. The van der Waals surface area contributed by atoms with Gasteiger partial charge in [-0.15, -0.1) is 0 Å². The first kappa shape index (κ1) is 25.5. The summed E-state index contributed by atoms with van der Waals surface area (Å²) in [6.45, 7) is 6.71. The number of rotatable bonds is 6. The maximum absolute atomic E-state index is 12.9. The van der Waals surface area contributed by atoms with Crippen LogP contribution in [-0.2, 0) is 11.3 Å². The molecule has 2 N–H and O–H groups in total. The van der Waals surface area contributed by atoms with E-state index in [1.165, 1.54) is 0 Å². The number of anilines is 1. The number of piperidine rings is 1. The van der Waals surface area contributed by atoms with Gasteiger partial charge in [-0.05, 0) is 56.9 Å². The molecule has 4 aromatic heterocycles. The highest BCUT2D eigenvalue weighted by Crippen LogP contribution is 2.32. The Morgan fingerprint density at radius 1 is 1.12 bits per heavy atom. The van der Waals surface area contributed by atoms with Crippen LogP contribution in [-0.4, -0.2) is 54.7 Å². The third-order valence-corrected chi connectivity index (χ3v) is 7.45. The number of likely N-dealkylation sites (tertiary alicyclic amines) is 1. The summed E-state index contributed by atoms with van der Waals surface area (Å²) < 4.78 is 10.7. The minimum atomic E-state index is -0.305. The number of benzene rings is 1. The number of pyridine rings is 1. The van der Waals surface area contributed by atoms with Gasteiger partial charge in [0, 0.05) is 42.0 Å². The Balaban J connectivity index is 1.18. The molecule has 0 spiro atoms. The number of hydrogen-bond donors (Lipinski definition) is 2. The Morgan fingerprint density at radius 3 is 2.77 bits per heavy atom. The summed E-state index contributed by atoms with van der Waals surface area (Å²) in [5.41, 5.74) is 6.89. The van der Waals surface area contributed by atoms with Crippen molar-refractivity contribution in [3.8, 4) is 22.5 Å². The lowest BCUT2D eigenvalue weighted by molar-refractivity contribution is 0.0695. The van der Waals surface area contributed by atoms with Crippen LogP contribution in [0.4, 0.5) is 10.7 Å². The first-order valence-corrected chi connectivity index (χ1v) is 13.4. The monoisotopic (exact) mass is 537 g/mol. The molecule has 1 aliphatic heterocycles. The van der Waals surface area contributed by atoms with Gasteiger partial charge in [0.25, 0.3) is 0 Å². The van der Waals surface area contributed by atoms with E-state index < -0.39 is 0 Å². The van der Waals surface area contributed by atoms with Crippen LogP contribution in [0.5, 0.6) is 0 Å². The number of ether oxygens (including phenoxy) is 1. The molecule has 5 heterocycles. The summed E-state index contributed by atoms with van der Waals surface area (Å²) in [6, 6.07) is 13.8. The van der Waals surface area contributed by atoms with Crippen molar-refractivity contribution < 1.29 is 14.1 Å². The molecule has 1 fully saturated rings. The van der Waals surface area contributed by atoms with Crippen LogP contribution < -0.4 is 5.32 Å². The van der Waals surface area contributed by atoms with Gasteiger partial charge in [-0.1, -0.05) is 35.5 Å². The van der Waals surface area contributed by atoms with Crippen LogP contribution in [0.15, 0.2) is 65.6 Å². The number of nitrogens with zero attached hydrogens (tertiary/aromatic N) is 5. The molecule has 10 nitrogen and oxygen atoms in total. The molecule has 1 aliphatic rings. The smallest absolute Gasteiger partial charge is 0.410 e.